The Hall–Kier alpha value is -2.85. The van der Waals surface area contributed by atoms with Crippen LogP contribution in [0, 0.1) is 3.57 Å². The Labute approximate surface area is 181 Å². The standard InChI is InChI=1S/C21H20IN3O4/c1-13(26)19(25-24-16-7-9-17(28-2)10-8-16)18-11-12-29-20(18)21(27)23-15-5-3-14(22)4-6-15/h3-12,19,24-25H,1-2H3,(H,23,27). The number of benzene rings is 2. The van der Waals surface area contributed by atoms with Gasteiger partial charge in [0.15, 0.2) is 11.5 Å². The van der Waals surface area contributed by atoms with Gasteiger partial charge in [-0.2, -0.15) is 0 Å². The average Bonchev–Trinajstić information content (AvgIpc) is 3.20. The van der Waals surface area contributed by atoms with Gasteiger partial charge < -0.3 is 19.9 Å². The topological polar surface area (TPSA) is 92.6 Å². The molecule has 0 aliphatic heterocycles. The largest absolute Gasteiger partial charge is 0.497 e. The summed E-state index contributed by atoms with van der Waals surface area (Å²) in [5.41, 5.74) is 7.78. The maximum absolute atomic E-state index is 12.7. The summed E-state index contributed by atoms with van der Waals surface area (Å²) in [6.07, 6.45) is 1.39. The number of halogens is 1. The third kappa shape index (κ3) is 5.36. The van der Waals surface area contributed by atoms with Gasteiger partial charge in [-0.3, -0.25) is 9.59 Å². The first kappa shape index (κ1) is 20.9. The van der Waals surface area contributed by atoms with Crippen LogP contribution in [0.15, 0.2) is 65.3 Å². The molecule has 29 heavy (non-hydrogen) atoms. The maximum atomic E-state index is 12.7. The molecular formula is C21H20IN3O4. The summed E-state index contributed by atoms with van der Waals surface area (Å²) >= 11 is 2.19. The Morgan fingerprint density at radius 3 is 2.28 bits per heavy atom. The van der Waals surface area contributed by atoms with Crippen LogP contribution in [0.1, 0.15) is 29.1 Å². The molecule has 0 aliphatic carbocycles. The Bertz CT molecular complexity index is 984. The van der Waals surface area contributed by atoms with Gasteiger partial charge in [0.05, 0.1) is 13.4 Å². The molecular weight excluding hydrogens is 485 g/mol. The van der Waals surface area contributed by atoms with E-state index in [1.165, 1.54) is 13.2 Å². The zero-order valence-corrected chi connectivity index (χ0v) is 18.0. The lowest BCUT2D eigenvalue weighted by Gasteiger charge is -2.18. The van der Waals surface area contributed by atoms with E-state index in [1.54, 1.807) is 37.4 Å². The fourth-order valence-corrected chi connectivity index (χ4v) is 3.04. The number of hydrazine groups is 1. The van der Waals surface area contributed by atoms with Crippen LogP contribution in [-0.4, -0.2) is 18.8 Å². The van der Waals surface area contributed by atoms with Crippen LogP contribution in [0.25, 0.3) is 0 Å². The second kappa shape index (κ2) is 9.57. The summed E-state index contributed by atoms with van der Waals surface area (Å²) in [5, 5.41) is 2.78. The predicted octanol–water partition coefficient (Wildman–Crippen LogP) is 4.39. The monoisotopic (exact) mass is 505 g/mol. The smallest absolute Gasteiger partial charge is 0.291 e. The third-order valence-corrected chi connectivity index (χ3v) is 4.89. The van der Waals surface area contributed by atoms with Crippen molar-refractivity contribution in [3.8, 4) is 5.75 Å². The number of amides is 1. The van der Waals surface area contributed by atoms with E-state index in [9.17, 15) is 9.59 Å². The molecule has 1 atom stereocenters. The number of Topliss-reactive ketones (excluding diaryl/α,β-unsaturated/α-hetero) is 1. The molecule has 1 aromatic heterocycles. The molecule has 0 radical (unpaired) electrons. The molecule has 1 amide bonds. The van der Waals surface area contributed by atoms with Crippen molar-refractivity contribution in [3.05, 3.63) is 75.8 Å². The van der Waals surface area contributed by atoms with Gasteiger partial charge in [0.1, 0.15) is 11.8 Å². The lowest BCUT2D eigenvalue weighted by atomic mass is 10.0. The number of hydrogen-bond acceptors (Lipinski definition) is 6. The Morgan fingerprint density at radius 2 is 1.66 bits per heavy atom. The fourth-order valence-electron chi connectivity index (χ4n) is 2.68. The van der Waals surface area contributed by atoms with Crippen molar-refractivity contribution in [2.45, 2.75) is 13.0 Å². The first-order valence-electron chi connectivity index (χ1n) is 8.78. The number of rotatable bonds is 8. The van der Waals surface area contributed by atoms with E-state index in [-0.39, 0.29) is 11.5 Å². The number of carbonyl (C=O) groups excluding carboxylic acids is 2. The second-order valence-corrected chi connectivity index (χ2v) is 7.45. The van der Waals surface area contributed by atoms with Gasteiger partial charge in [-0.1, -0.05) is 0 Å². The zero-order chi connectivity index (χ0) is 20.8. The van der Waals surface area contributed by atoms with Crippen LogP contribution in [0.2, 0.25) is 0 Å². The van der Waals surface area contributed by atoms with Gasteiger partial charge in [-0.25, -0.2) is 5.43 Å². The van der Waals surface area contributed by atoms with Crippen molar-refractivity contribution >= 4 is 45.7 Å². The van der Waals surface area contributed by atoms with E-state index < -0.39 is 11.9 Å². The van der Waals surface area contributed by atoms with Crippen molar-refractivity contribution in [3.63, 3.8) is 0 Å². The van der Waals surface area contributed by atoms with Crippen molar-refractivity contribution < 1.29 is 18.7 Å². The Kier molecular flexibility index (Phi) is 6.89. The number of ketones is 1. The quantitative estimate of drug-likeness (QED) is 0.311. The molecule has 0 saturated carbocycles. The van der Waals surface area contributed by atoms with Crippen LogP contribution in [-0.2, 0) is 4.79 Å². The summed E-state index contributed by atoms with van der Waals surface area (Å²) in [6.45, 7) is 1.45. The van der Waals surface area contributed by atoms with E-state index >= 15 is 0 Å². The van der Waals surface area contributed by atoms with Gasteiger partial charge in [0.2, 0.25) is 0 Å². The van der Waals surface area contributed by atoms with Crippen LogP contribution >= 0.6 is 22.6 Å². The van der Waals surface area contributed by atoms with E-state index in [1.807, 2.05) is 24.3 Å². The molecule has 3 aromatic rings. The van der Waals surface area contributed by atoms with E-state index in [2.05, 4.69) is 38.8 Å². The zero-order valence-electron chi connectivity index (χ0n) is 15.9. The second-order valence-electron chi connectivity index (χ2n) is 6.21. The number of hydrogen-bond donors (Lipinski definition) is 3. The highest BCUT2D eigenvalue weighted by molar-refractivity contribution is 14.1. The first-order valence-corrected chi connectivity index (χ1v) is 9.86. The van der Waals surface area contributed by atoms with Crippen LogP contribution in [0.4, 0.5) is 11.4 Å². The maximum Gasteiger partial charge on any atom is 0.291 e. The predicted molar refractivity (Wildman–Crippen MR) is 119 cm³/mol. The molecule has 3 rings (SSSR count). The highest BCUT2D eigenvalue weighted by Crippen LogP contribution is 2.23. The summed E-state index contributed by atoms with van der Waals surface area (Å²) in [4.78, 5) is 24.9. The summed E-state index contributed by atoms with van der Waals surface area (Å²) < 4.78 is 11.6. The molecule has 1 unspecified atom stereocenters. The number of ether oxygens (including phenoxy) is 1. The first-order chi connectivity index (χ1) is 14.0. The van der Waals surface area contributed by atoms with Crippen molar-refractivity contribution in [2.75, 3.05) is 17.9 Å². The van der Waals surface area contributed by atoms with Gasteiger partial charge in [0, 0.05) is 20.5 Å². The Morgan fingerprint density at radius 1 is 1.00 bits per heavy atom. The van der Waals surface area contributed by atoms with Gasteiger partial charge in [-0.05, 0) is 84.1 Å². The molecule has 7 nitrogen and oxygen atoms in total. The van der Waals surface area contributed by atoms with E-state index in [0.717, 1.165) is 15.0 Å². The SMILES string of the molecule is COc1ccc(NNC(C(C)=O)c2ccoc2C(=O)Nc2ccc(I)cc2)cc1. The van der Waals surface area contributed by atoms with Crippen molar-refractivity contribution in [1.29, 1.82) is 0 Å². The highest BCUT2D eigenvalue weighted by Gasteiger charge is 2.26. The molecule has 3 N–H and O–H groups in total. The Balaban J connectivity index is 1.74. The molecule has 0 bridgehead atoms. The van der Waals surface area contributed by atoms with Crippen LogP contribution in [0.5, 0.6) is 5.75 Å². The number of methoxy groups -OCH3 is 1. The molecule has 0 fully saturated rings. The molecule has 0 saturated heterocycles. The third-order valence-electron chi connectivity index (χ3n) is 4.17. The van der Waals surface area contributed by atoms with E-state index in [4.69, 9.17) is 9.15 Å². The fraction of sp³-hybridized carbons (Fsp3) is 0.143. The number of nitrogens with one attached hydrogen (secondary N) is 3. The minimum atomic E-state index is -0.770. The summed E-state index contributed by atoms with van der Waals surface area (Å²) in [5.74, 6) is 0.204. The summed E-state index contributed by atoms with van der Waals surface area (Å²) in [6, 6.07) is 15.4. The molecule has 150 valence electrons. The lowest BCUT2D eigenvalue weighted by molar-refractivity contribution is -0.119. The van der Waals surface area contributed by atoms with Crippen molar-refractivity contribution in [1.82, 2.24) is 5.43 Å². The number of anilines is 2. The molecule has 2 aromatic carbocycles. The highest BCUT2D eigenvalue weighted by atomic mass is 127. The van der Waals surface area contributed by atoms with Crippen LogP contribution in [0.3, 0.4) is 0 Å². The minimum Gasteiger partial charge on any atom is -0.497 e. The van der Waals surface area contributed by atoms with Gasteiger partial charge >= 0.3 is 0 Å². The molecule has 0 spiro atoms. The normalized spacial score (nSPS) is 11.6. The van der Waals surface area contributed by atoms with Gasteiger partial charge in [0.25, 0.3) is 5.91 Å². The van der Waals surface area contributed by atoms with Gasteiger partial charge in [-0.15, -0.1) is 0 Å². The average molecular weight is 505 g/mol. The van der Waals surface area contributed by atoms with E-state index in [0.29, 0.717) is 11.3 Å². The lowest BCUT2D eigenvalue weighted by Crippen LogP contribution is -2.33. The molecule has 0 aliphatic rings. The van der Waals surface area contributed by atoms with Crippen molar-refractivity contribution in [2.24, 2.45) is 0 Å². The van der Waals surface area contributed by atoms with Crippen LogP contribution < -0.4 is 20.9 Å². The summed E-state index contributed by atoms with van der Waals surface area (Å²) in [7, 11) is 1.59. The molecule has 8 heteroatoms. The number of furan rings is 1. The minimum absolute atomic E-state index is 0.0766. The number of carbonyl (C=O) groups is 2. The molecule has 1 heterocycles.